The Bertz CT molecular complexity index is 361. The fourth-order valence-corrected chi connectivity index (χ4v) is 3.18. The largest absolute Gasteiger partial charge is 0.304 e. The van der Waals surface area contributed by atoms with Crippen LogP contribution >= 0.6 is 11.3 Å². The molecule has 17 heavy (non-hydrogen) atoms. The average molecular weight is 253 g/mol. The molecule has 1 aliphatic heterocycles. The third-order valence-electron chi connectivity index (χ3n) is 3.45. The zero-order chi connectivity index (χ0) is 12.4. The number of thiazole rings is 1. The molecule has 0 radical (unpaired) electrons. The number of nitrogens with zero attached hydrogens (tertiary/aromatic N) is 2. The van der Waals surface area contributed by atoms with Crippen molar-refractivity contribution < 1.29 is 0 Å². The standard InChI is InChI=1S/C13H23N3S/c1-9(2)16-6-5-12(8-16)15-11(4)13-14-7-10(3)17-13/h7,9,11-12,15H,5-6,8H2,1-4H3. The van der Waals surface area contributed by atoms with Gasteiger partial charge in [0.15, 0.2) is 0 Å². The molecule has 1 aromatic heterocycles. The average Bonchev–Trinajstić information content (AvgIpc) is 2.86. The van der Waals surface area contributed by atoms with E-state index in [9.17, 15) is 0 Å². The second-order valence-corrected chi connectivity index (χ2v) is 6.54. The van der Waals surface area contributed by atoms with E-state index in [1.165, 1.54) is 29.4 Å². The maximum atomic E-state index is 4.45. The van der Waals surface area contributed by atoms with Gasteiger partial charge in [0, 0.05) is 29.7 Å². The summed E-state index contributed by atoms with van der Waals surface area (Å²) in [5.74, 6) is 0. The molecule has 0 aliphatic carbocycles. The first-order valence-electron chi connectivity index (χ1n) is 6.48. The van der Waals surface area contributed by atoms with Crippen LogP contribution in [0.5, 0.6) is 0 Å². The highest BCUT2D eigenvalue weighted by atomic mass is 32.1. The van der Waals surface area contributed by atoms with Crippen LogP contribution < -0.4 is 5.32 Å². The topological polar surface area (TPSA) is 28.2 Å². The first-order valence-corrected chi connectivity index (χ1v) is 7.30. The van der Waals surface area contributed by atoms with Gasteiger partial charge in [-0.25, -0.2) is 4.98 Å². The molecule has 3 nitrogen and oxygen atoms in total. The molecule has 0 aromatic carbocycles. The maximum Gasteiger partial charge on any atom is 0.109 e. The first-order chi connectivity index (χ1) is 8.06. The van der Waals surface area contributed by atoms with E-state index >= 15 is 0 Å². The minimum atomic E-state index is 0.380. The van der Waals surface area contributed by atoms with Gasteiger partial charge in [0.25, 0.3) is 0 Å². The molecule has 1 saturated heterocycles. The molecule has 0 amide bonds. The molecule has 2 unspecified atom stereocenters. The summed E-state index contributed by atoms with van der Waals surface area (Å²) in [6.07, 6.45) is 3.22. The predicted molar refractivity (Wildman–Crippen MR) is 73.5 cm³/mol. The zero-order valence-corrected chi connectivity index (χ0v) is 12.0. The Balaban J connectivity index is 1.86. The van der Waals surface area contributed by atoms with Gasteiger partial charge >= 0.3 is 0 Å². The van der Waals surface area contributed by atoms with Crippen LogP contribution in [-0.4, -0.2) is 35.1 Å². The highest BCUT2D eigenvalue weighted by Crippen LogP contribution is 2.21. The maximum absolute atomic E-state index is 4.45. The Labute approximate surface area is 108 Å². The Morgan fingerprint density at radius 3 is 2.76 bits per heavy atom. The van der Waals surface area contributed by atoms with Crippen LogP contribution in [0.3, 0.4) is 0 Å². The van der Waals surface area contributed by atoms with Gasteiger partial charge in [-0.3, -0.25) is 4.90 Å². The van der Waals surface area contributed by atoms with Gasteiger partial charge in [-0.15, -0.1) is 11.3 Å². The minimum absolute atomic E-state index is 0.380. The number of aromatic nitrogens is 1. The highest BCUT2D eigenvalue weighted by molar-refractivity contribution is 7.11. The van der Waals surface area contributed by atoms with Crippen LogP contribution in [0.25, 0.3) is 0 Å². The summed E-state index contributed by atoms with van der Waals surface area (Å²) in [6.45, 7) is 11.3. The third kappa shape index (κ3) is 3.27. The Morgan fingerprint density at radius 2 is 2.24 bits per heavy atom. The lowest BCUT2D eigenvalue weighted by atomic mass is 10.2. The second-order valence-electron chi connectivity index (χ2n) is 5.27. The van der Waals surface area contributed by atoms with Gasteiger partial charge in [0.1, 0.15) is 5.01 Å². The summed E-state index contributed by atoms with van der Waals surface area (Å²) < 4.78 is 0. The summed E-state index contributed by atoms with van der Waals surface area (Å²) in [5, 5.41) is 4.91. The van der Waals surface area contributed by atoms with Crippen LogP contribution in [0.4, 0.5) is 0 Å². The third-order valence-corrected chi connectivity index (χ3v) is 4.54. The van der Waals surface area contributed by atoms with Crippen molar-refractivity contribution in [3.63, 3.8) is 0 Å². The van der Waals surface area contributed by atoms with Crippen LogP contribution in [-0.2, 0) is 0 Å². The van der Waals surface area contributed by atoms with E-state index < -0.39 is 0 Å². The van der Waals surface area contributed by atoms with Crippen molar-refractivity contribution in [2.45, 2.75) is 52.2 Å². The highest BCUT2D eigenvalue weighted by Gasteiger charge is 2.25. The fraction of sp³-hybridized carbons (Fsp3) is 0.769. The van der Waals surface area contributed by atoms with Gasteiger partial charge in [0.2, 0.25) is 0 Å². The first kappa shape index (κ1) is 13.0. The molecule has 1 aliphatic rings. The summed E-state index contributed by atoms with van der Waals surface area (Å²) in [7, 11) is 0. The lowest BCUT2D eigenvalue weighted by Gasteiger charge is -2.22. The Kier molecular flexibility index (Phi) is 4.17. The number of aryl methyl sites for hydroxylation is 1. The molecule has 96 valence electrons. The summed E-state index contributed by atoms with van der Waals surface area (Å²) in [5.41, 5.74) is 0. The molecule has 0 saturated carbocycles. The summed E-state index contributed by atoms with van der Waals surface area (Å²) in [4.78, 5) is 8.29. The SMILES string of the molecule is Cc1cnc(C(C)NC2CCN(C(C)C)C2)s1. The lowest BCUT2D eigenvalue weighted by molar-refractivity contribution is 0.266. The normalized spacial score (nSPS) is 23.5. The smallest absolute Gasteiger partial charge is 0.109 e. The monoisotopic (exact) mass is 253 g/mol. The van der Waals surface area contributed by atoms with Crippen molar-refractivity contribution >= 4 is 11.3 Å². The molecule has 2 atom stereocenters. The minimum Gasteiger partial charge on any atom is -0.304 e. The number of nitrogens with one attached hydrogen (secondary N) is 1. The number of rotatable bonds is 4. The van der Waals surface area contributed by atoms with Crippen molar-refractivity contribution in [3.8, 4) is 0 Å². The van der Waals surface area contributed by atoms with Crippen LogP contribution in [0.15, 0.2) is 6.20 Å². The van der Waals surface area contributed by atoms with Crippen LogP contribution in [0, 0.1) is 6.92 Å². The Hall–Kier alpha value is -0.450. The molecule has 0 bridgehead atoms. The quantitative estimate of drug-likeness (QED) is 0.894. The van der Waals surface area contributed by atoms with Crippen molar-refractivity contribution in [2.24, 2.45) is 0 Å². The molecule has 4 heteroatoms. The Morgan fingerprint density at radius 1 is 1.47 bits per heavy atom. The van der Waals surface area contributed by atoms with E-state index in [-0.39, 0.29) is 0 Å². The molecule has 1 fully saturated rings. The summed E-state index contributed by atoms with van der Waals surface area (Å²) >= 11 is 1.80. The molecule has 1 N–H and O–H groups in total. The van der Waals surface area contributed by atoms with E-state index in [0.29, 0.717) is 18.1 Å². The van der Waals surface area contributed by atoms with E-state index in [1.807, 2.05) is 6.20 Å². The van der Waals surface area contributed by atoms with Crippen molar-refractivity contribution in [1.82, 2.24) is 15.2 Å². The van der Waals surface area contributed by atoms with Crippen LogP contribution in [0.2, 0.25) is 0 Å². The zero-order valence-electron chi connectivity index (χ0n) is 11.2. The number of hydrogen-bond acceptors (Lipinski definition) is 4. The number of likely N-dealkylation sites (tertiary alicyclic amines) is 1. The molecule has 1 aromatic rings. The lowest BCUT2D eigenvalue weighted by Crippen LogP contribution is -2.36. The molecule has 2 heterocycles. The van der Waals surface area contributed by atoms with Gasteiger partial charge in [-0.1, -0.05) is 0 Å². The van der Waals surface area contributed by atoms with Gasteiger partial charge < -0.3 is 5.32 Å². The predicted octanol–water partition coefficient (Wildman–Crippen LogP) is 2.58. The number of hydrogen-bond donors (Lipinski definition) is 1. The van der Waals surface area contributed by atoms with E-state index in [2.05, 4.69) is 42.9 Å². The van der Waals surface area contributed by atoms with E-state index in [4.69, 9.17) is 0 Å². The van der Waals surface area contributed by atoms with Gasteiger partial charge in [-0.05, 0) is 40.7 Å². The molecular weight excluding hydrogens is 230 g/mol. The van der Waals surface area contributed by atoms with Gasteiger partial charge in [-0.2, -0.15) is 0 Å². The van der Waals surface area contributed by atoms with E-state index in [1.54, 1.807) is 11.3 Å². The van der Waals surface area contributed by atoms with Crippen molar-refractivity contribution in [1.29, 1.82) is 0 Å². The summed E-state index contributed by atoms with van der Waals surface area (Å²) in [6, 6.07) is 1.67. The molecule has 2 rings (SSSR count). The fourth-order valence-electron chi connectivity index (χ4n) is 2.39. The van der Waals surface area contributed by atoms with Crippen molar-refractivity contribution in [2.75, 3.05) is 13.1 Å². The second kappa shape index (κ2) is 5.46. The van der Waals surface area contributed by atoms with E-state index in [0.717, 1.165) is 0 Å². The van der Waals surface area contributed by atoms with Crippen LogP contribution in [0.1, 0.15) is 43.1 Å². The van der Waals surface area contributed by atoms with Gasteiger partial charge in [0.05, 0.1) is 6.04 Å². The molecular formula is C13H23N3S. The molecule has 0 spiro atoms. The van der Waals surface area contributed by atoms with Crippen molar-refractivity contribution in [3.05, 3.63) is 16.1 Å².